The van der Waals surface area contributed by atoms with Crippen molar-refractivity contribution in [3.8, 4) is 22.6 Å². The summed E-state index contributed by atoms with van der Waals surface area (Å²) >= 11 is 0. The fourth-order valence-corrected chi connectivity index (χ4v) is 14.2. The zero-order valence-electron chi connectivity index (χ0n) is 44.4. The number of hydrogen-bond donors (Lipinski definition) is 4. The van der Waals surface area contributed by atoms with Gasteiger partial charge in [-0.05, 0) is 136 Å². The number of amides is 5. The first-order valence-corrected chi connectivity index (χ1v) is 27.6. The van der Waals surface area contributed by atoms with E-state index in [-0.39, 0.29) is 111 Å². The molecule has 2 unspecified atom stereocenters. The third-order valence-electron chi connectivity index (χ3n) is 18.4. The Balaban J connectivity index is 0.672. The Morgan fingerprint density at radius 3 is 2.29 bits per heavy atom. The predicted molar refractivity (Wildman–Crippen MR) is 284 cm³/mol. The van der Waals surface area contributed by atoms with Crippen molar-refractivity contribution in [3.05, 3.63) is 106 Å². The van der Waals surface area contributed by atoms with E-state index in [1.807, 2.05) is 37.3 Å². The van der Waals surface area contributed by atoms with Crippen LogP contribution in [0.25, 0.3) is 22.0 Å². The zero-order chi connectivity index (χ0) is 54.8. The molecule has 5 fully saturated rings. The lowest BCUT2D eigenvalue weighted by atomic mass is 9.57. The summed E-state index contributed by atoms with van der Waals surface area (Å²) in [4.78, 5) is 57.0. The molecule has 0 radical (unpaired) electrons. The number of rotatable bonds is 14. The predicted octanol–water partition coefficient (Wildman–Crippen LogP) is 8.46. The van der Waals surface area contributed by atoms with Crippen LogP contribution in [0.5, 0.6) is 11.5 Å². The van der Waals surface area contributed by atoms with Crippen molar-refractivity contribution in [2.75, 3.05) is 63.9 Å². The molecule has 15 nitrogen and oxygen atoms in total. The molecule has 4 aromatic carbocycles. The number of urea groups is 1. The van der Waals surface area contributed by atoms with Gasteiger partial charge in [-0.25, -0.2) is 22.4 Å². The molecular formula is C59H68F4N8O7. The van der Waals surface area contributed by atoms with Crippen LogP contribution in [-0.4, -0.2) is 114 Å². The minimum absolute atomic E-state index is 0.0653. The van der Waals surface area contributed by atoms with Crippen molar-refractivity contribution in [2.45, 2.75) is 108 Å². The quantitative estimate of drug-likeness (QED) is 0.0787. The molecule has 5 aromatic rings. The van der Waals surface area contributed by atoms with Crippen molar-refractivity contribution in [2.24, 2.45) is 30.0 Å². The lowest BCUT2D eigenvalue weighted by Gasteiger charge is -2.54. The fraction of sp³-hybridized carbons (Fsp3) is 0.508. The van der Waals surface area contributed by atoms with E-state index in [1.165, 1.54) is 40.8 Å². The second kappa shape index (κ2) is 21.2. The van der Waals surface area contributed by atoms with E-state index in [0.29, 0.717) is 30.9 Å². The molecule has 0 bridgehead atoms. The Kier molecular flexibility index (Phi) is 14.6. The summed E-state index contributed by atoms with van der Waals surface area (Å²) in [6.45, 7) is 7.28. The number of imide groups is 1. The van der Waals surface area contributed by atoms with Crippen LogP contribution in [0.15, 0.2) is 54.6 Å². The fourth-order valence-electron chi connectivity index (χ4n) is 14.2. The van der Waals surface area contributed by atoms with Crippen LogP contribution in [0.1, 0.15) is 122 Å². The summed E-state index contributed by atoms with van der Waals surface area (Å²) in [7, 11) is 1.57. The number of aromatic nitrogens is 2. The second-order valence-electron chi connectivity index (χ2n) is 22.9. The average molecular weight is 1080 g/mol. The standard InChI is InChI=1S/C59H68F4N8O7/c1-33-42(60)28-45-48(47(33)50-40(54(64)74)13-14-44(51(50)62)77-26-25-72)34(2)59(78-45,38-7-5-4-6-8-38)32-65-39-11-9-37(10-12-39)56(75)70-23-18-58(19-24-70)29-35(30-58)31-69-20-15-36(16-21-69)49-43(61)27-41-53(52(49)63)68(3)67-55(41)71-22-17-46(73)66-57(71)76/h4-8,13-14,27-28,34-37,39,65,72H,9-12,15-26,29-32H2,1-3H3,(H2,64,74)(H,66,73,76). The van der Waals surface area contributed by atoms with Gasteiger partial charge in [0.25, 0.3) is 0 Å². The average Bonchev–Trinajstić information content (AvgIpc) is 4.14. The van der Waals surface area contributed by atoms with Gasteiger partial charge in [0.15, 0.2) is 28.8 Å². The van der Waals surface area contributed by atoms with Gasteiger partial charge in [0.2, 0.25) is 17.7 Å². The highest BCUT2D eigenvalue weighted by molar-refractivity contribution is 6.09. The van der Waals surface area contributed by atoms with E-state index in [0.717, 1.165) is 89.7 Å². The van der Waals surface area contributed by atoms with Gasteiger partial charge in [0, 0.05) is 86.8 Å². The summed E-state index contributed by atoms with van der Waals surface area (Å²) in [5.74, 6) is -4.05. The third-order valence-corrected chi connectivity index (χ3v) is 18.4. The highest BCUT2D eigenvalue weighted by Crippen LogP contribution is 2.56. The van der Waals surface area contributed by atoms with Crippen LogP contribution < -0.4 is 30.7 Å². The van der Waals surface area contributed by atoms with Gasteiger partial charge in [-0.1, -0.05) is 37.3 Å². The maximum Gasteiger partial charge on any atom is 0.329 e. The summed E-state index contributed by atoms with van der Waals surface area (Å²) in [5, 5.41) is 20.0. The van der Waals surface area contributed by atoms with Gasteiger partial charge in [0.1, 0.15) is 29.5 Å². The molecule has 1 aromatic heterocycles. The molecule has 11 rings (SSSR count). The number of carbonyl (C=O) groups excluding carboxylic acids is 4. The number of fused-ring (bicyclic) bond motifs is 2. The van der Waals surface area contributed by atoms with Gasteiger partial charge >= 0.3 is 6.03 Å². The summed E-state index contributed by atoms with van der Waals surface area (Å²) in [6.07, 6.45) is 8.56. The zero-order valence-corrected chi connectivity index (χ0v) is 44.4. The number of nitrogens with two attached hydrogens (primary N) is 1. The number of hydrogen-bond acceptors (Lipinski definition) is 10. The van der Waals surface area contributed by atoms with E-state index in [2.05, 4.69) is 25.5 Å². The van der Waals surface area contributed by atoms with E-state index in [1.54, 1.807) is 7.05 Å². The molecule has 414 valence electrons. The third kappa shape index (κ3) is 9.56. The number of aryl methyl sites for hydroxylation is 1. The number of ether oxygens (including phenoxy) is 2. The number of aliphatic hydroxyl groups is 1. The maximum absolute atomic E-state index is 16.6. The van der Waals surface area contributed by atoms with E-state index >= 15 is 17.6 Å². The van der Waals surface area contributed by atoms with Gasteiger partial charge in [0.05, 0.1) is 17.6 Å². The Bertz CT molecular complexity index is 3160. The minimum Gasteiger partial charge on any atom is -0.488 e. The molecular weight excluding hydrogens is 1010 g/mol. The Morgan fingerprint density at radius 2 is 1.62 bits per heavy atom. The summed E-state index contributed by atoms with van der Waals surface area (Å²) < 4.78 is 78.4. The Hall–Kier alpha value is -6.57. The second-order valence-corrected chi connectivity index (χ2v) is 22.9. The van der Waals surface area contributed by atoms with Crippen molar-refractivity contribution in [1.82, 2.24) is 30.2 Å². The van der Waals surface area contributed by atoms with Gasteiger partial charge in [-0.15, -0.1) is 0 Å². The first kappa shape index (κ1) is 53.4. The molecule has 2 atom stereocenters. The molecule has 19 heteroatoms. The monoisotopic (exact) mass is 1080 g/mol. The topological polar surface area (TPSA) is 185 Å². The molecule has 1 spiro atoms. The van der Waals surface area contributed by atoms with Gasteiger partial charge in [-0.2, -0.15) is 5.10 Å². The number of piperidine rings is 2. The highest BCUT2D eigenvalue weighted by atomic mass is 19.1. The number of primary amides is 1. The van der Waals surface area contributed by atoms with Gasteiger partial charge < -0.3 is 35.4 Å². The molecule has 5 amide bonds. The number of halogens is 4. The number of anilines is 1. The van der Waals surface area contributed by atoms with Crippen LogP contribution in [0.4, 0.5) is 28.2 Å². The molecule has 5 N–H and O–H groups in total. The lowest BCUT2D eigenvalue weighted by molar-refractivity contribution is -0.141. The molecule has 5 heterocycles. The van der Waals surface area contributed by atoms with Crippen molar-refractivity contribution in [1.29, 1.82) is 0 Å². The smallest absolute Gasteiger partial charge is 0.329 e. The van der Waals surface area contributed by atoms with Gasteiger partial charge in [-0.3, -0.25) is 29.3 Å². The summed E-state index contributed by atoms with van der Waals surface area (Å²) in [5.41, 5.74) is 6.53. The Labute approximate surface area is 450 Å². The van der Waals surface area contributed by atoms with Crippen LogP contribution in [-0.2, 0) is 22.2 Å². The minimum atomic E-state index is -1.06. The van der Waals surface area contributed by atoms with Crippen molar-refractivity contribution in [3.63, 3.8) is 0 Å². The molecule has 6 aliphatic rings. The van der Waals surface area contributed by atoms with E-state index in [4.69, 9.17) is 15.2 Å². The number of nitrogens with one attached hydrogen (secondary N) is 2. The number of likely N-dealkylation sites (tertiary alicyclic amines) is 2. The molecule has 78 heavy (non-hydrogen) atoms. The lowest BCUT2D eigenvalue weighted by Crippen LogP contribution is -2.52. The summed E-state index contributed by atoms with van der Waals surface area (Å²) in [6, 6.07) is 14.3. The van der Waals surface area contributed by atoms with Crippen LogP contribution in [0.2, 0.25) is 0 Å². The largest absolute Gasteiger partial charge is 0.488 e. The van der Waals surface area contributed by atoms with Crippen LogP contribution in [0.3, 0.4) is 0 Å². The number of nitrogens with zero attached hydrogens (tertiary/aromatic N) is 5. The van der Waals surface area contributed by atoms with E-state index in [9.17, 15) is 24.3 Å². The van der Waals surface area contributed by atoms with Crippen molar-refractivity contribution >= 4 is 40.5 Å². The molecule has 4 aliphatic heterocycles. The maximum atomic E-state index is 16.6. The SMILES string of the molecule is Cc1c(F)cc2c(c1-c1c(C(N)=O)ccc(OCCO)c1F)C(C)C(CNC1CCC(C(=O)N3CCC4(CC3)CC(CN3CCC(c5c(F)cc6c(N7CCC(=O)NC7=O)nn(C)c6c5F)CC3)C4)CC1)(c1ccccc1)O2. The molecule has 3 saturated heterocycles. The number of aliphatic hydroxyl groups excluding tert-OH is 1. The first-order valence-electron chi connectivity index (χ1n) is 27.6. The van der Waals surface area contributed by atoms with Crippen molar-refractivity contribution < 1.29 is 51.3 Å². The normalized spacial score (nSPS) is 23.8. The van der Waals surface area contributed by atoms with Crippen LogP contribution >= 0.6 is 0 Å². The number of benzene rings is 4. The molecule has 2 aliphatic carbocycles. The highest BCUT2D eigenvalue weighted by Gasteiger charge is 2.51. The first-order chi connectivity index (χ1) is 37.5. The van der Waals surface area contributed by atoms with E-state index < -0.39 is 52.6 Å². The molecule has 2 saturated carbocycles. The number of carbonyl (C=O) groups is 4. The Morgan fingerprint density at radius 1 is 0.897 bits per heavy atom. The van der Waals surface area contributed by atoms with Crippen LogP contribution in [0, 0.1) is 47.4 Å².